The van der Waals surface area contributed by atoms with Gasteiger partial charge in [0.2, 0.25) is 0 Å². The molecule has 0 aliphatic rings. The number of anilines is 1. The number of amides is 3. The molecule has 0 fully saturated rings. The highest BCUT2D eigenvalue weighted by Crippen LogP contribution is 2.27. The fraction of sp³-hybridized carbons (Fsp3) is 0.414. The van der Waals surface area contributed by atoms with Crippen molar-refractivity contribution < 1.29 is 19.1 Å². The van der Waals surface area contributed by atoms with E-state index in [2.05, 4.69) is 16.7 Å². The first-order valence-corrected chi connectivity index (χ1v) is 12.0. The van der Waals surface area contributed by atoms with Crippen LogP contribution in [-0.4, -0.2) is 34.5 Å². The third-order valence-corrected chi connectivity index (χ3v) is 5.61. The number of alkyl carbamates (subject to hydrolysis) is 1. The van der Waals surface area contributed by atoms with Crippen LogP contribution in [0.5, 0.6) is 0 Å². The summed E-state index contributed by atoms with van der Waals surface area (Å²) in [7, 11) is 0. The minimum absolute atomic E-state index is 0.318. The Labute approximate surface area is 214 Å². The van der Waals surface area contributed by atoms with E-state index in [-0.39, 0.29) is 5.92 Å². The molecule has 0 radical (unpaired) electrons. The normalized spacial score (nSPS) is 12.8. The predicted molar refractivity (Wildman–Crippen MR) is 142 cm³/mol. The molecule has 7 heteroatoms. The van der Waals surface area contributed by atoms with Crippen LogP contribution >= 0.6 is 0 Å². The van der Waals surface area contributed by atoms with Crippen molar-refractivity contribution in [3.63, 3.8) is 0 Å². The molecule has 2 atom stereocenters. The van der Waals surface area contributed by atoms with Gasteiger partial charge < -0.3 is 15.4 Å². The second-order valence-electron chi connectivity index (χ2n) is 10.3. The fourth-order valence-electron chi connectivity index (χ4n) is 3.73. The Kier molecular flexibility index (Phi) is 9.29. The van der Waals surface area contributed by atoms with Gasteiger partial charge in [-0.3, -0.25) is 14.5 Å². The second kappa shape index (κ2) is 11.8. The molecule has 7 nitrogen and oxygen atoms in total. The molecule has 0 saturated carbocycles. The molecule has 0 spiro atoms. The molecule has 2 N–H and O–H groups in total. The van der Waals surface area contributed by atoms with Crippen LogP contribution < -0.4 is 10.6 Å². The summed E-state index contributed by atoms with van der Waals surface area (Å²) in [6.07, 6.45) is 5.10. The van der Waals surface area contributed by atoms with Crippen molar-refractivity contribution in [1.29, 1.82) is 0 Å². The summed E-state index contributed by atoms with van der Waals surface area (Å²) in [4.78, 5) is 41.0. The number of nitrogens with zero attached hydrogens (tertiary/aromatic N) is 1. The zero-order chi connectivity index (χ0) is 27.2. The SMILES string of the molecule is C#CN(C(=O)C(NC(=O)OC(C)(C)C)C(C)C)C(C(=O)Nc1c(C)cccc1C)c1ccc(C)cc1. The summed E-state index contributed by atoms with van der Waals surface area (Å²) in [6.45, 7) is 14.5. The lowest BCUT2D eigenvalue weighted by Crippen LogP contribution is -2.53. The van der Waals surface area contributed by atoms with Gasteiger partial charge in [0.1, 0.15) is 17.7 Å². The topological polar surface area (TPSA) is 87.7 Å². The number of hydrogen-bond donors (Lipinski definition) is 2. The highest BCUT2D eigenvalue weighted by atomic mass is 16.6. The molecular formula is C29H37N3O4. The Hall–Kier alpha value is -3.79. The van der Waals surface area contributed by atoms with E-state index in [4.69, 9.17) is 11.2 Å². The summed E-state index contributed by atoms with van der Waals surface area (Å²) in [5.74, 6) is -1.36. The molecule has 0 saturated heterocycles. The van der Waals surface area contributed by atoms with Gasteiger partial charge in [-0.2, -0.15) is 0 Å². The maximum Gasteiger partial charge on any atom is 0.408 e. The quantitative estimate of drug-likeness (QED) is 0.409. The zero-order valence-electron chi connectivity index (χ0n) is 22.4. The Balaban J connectivity index is 2.48. The number of nitrogens with one attached hydrogen (secondary N) is 2. The largest absolute Gasteiger partial charge is 0.444 e. The molecule has 0 bridgehead atoms. The monoisotopic (exact) mass is 491 g/mol. The van der Waals surface area contributed by atoms with Gasteiger partial charge in [-0.05, 0) is 64.2 Å². The minimum Gasteiger partial charge on any atom is -0.444 e. The number of aryl methyl sites for hydroxylation is 3. The molecule has 2 aromatic carbocycles. The lowest BCUT2D eigenvalue weighted by atomic mass is 9.98. The van der Waals surface area contributed by atoms with Gasteiger partial charge in [-0.15, -0.1) is 0 Å². The van der Waals surface area contributed by atoms with Crippen LogP contribution in [0.3, 0.4) is 0 Å². The van der Waals surface area contributed by atoms with Crippen molar-refractivity contribution in [3.05, 3.63) is 64.7 Å². The van der Waals surface area contributed by atoms with Crippen LogP contribution in [0.4, 0.5) is 10.5 Å². The van der Waals surface area contributed by atoms with Gasteiger partial charge in [-0.1, -0.05) is 68.3 Å². The Morgan fingerprint density at radius 3 is 2.00 bits per heavy atom. The maximum atomic E-state index is 13.7. The molecule has 2 aromatic rings. The van der Waals surface area contributed by atoms with Crippen molar-refractivity contribution in [2.75, 3.05) is 5.32 Å². The number of terminal acetylenes is 1. The van der Waals surface area contributed by atoms with Crippen LogP contribution in [0.1, 0.15) is 62.9 Å². The molecule has 2 unspecified atom stereocenters. The average Bonchev–Trinajstić information content (AvgIpc) is 2.77. The number of carbonyl (C=O) groups is 3. The van der Waals surface area contributed by atoms with Crippen LogP contribution in [0, 0.1) is 39.2 Å². The molecule has 0 aliphatic heterocycles. The fourth-order valence-corrected chi connectivity index (χ4v) is 3.73. The third kappa shape index (κ3) is 7.35. The van der Waals surface area contributed by atoms with E-state index >= 15 is 0 Å². The van der Waals surface area contributed by atoms with Gasteiger partial charge in [0.05, 0.1) is 0 Å². The lowest BCUT2D eigenvalue weighted by Gasteiger charge is -2.32. The molecule has 192 valence electrons. The number of rotatable bonds is 7. The van der Waals surface area contributed by atoms with Gasteiger partial charge in [-0.25, -0.2) is 4.79 Å². The van der Waals surface area contributed by atoms with E-state index in [1.165, 1.54) is 0 Å². The summed E-state index contributed by atoms with van der Waals surface area (Å²) >= 11 is 0. The number of para-hydroxylation sites is 1. The van der Waals surface area contributed by atoms with Crippen molar-refractivity contribution in [3.8, 4) is 12.5 Å². The number of carbonyl (C=O) groups excluding carboxylic acids is 3. The third-order valence-electron chi connectivity index (χ3n) is 5.61. The standard InChI is InChI=1S/C29H37N3O4/c1-10-32(27(34)23(18(2)3)31-28(35)36-29(7,8)9)25(22-16-14-19(4)15-17-22)26(33)30-24-20(5)12-11-13-21(24)6/h1,11-18,23,25H,2-9H3,(H,30,33)(H,31,35). The Morgan fingerprint density at radius 1 is 0.972 bits per heavy atom. The summed E-state index contributed by atoms with van der Waals surface area (Å²) in [6, 6.07) is 13.2. The molecule has 0 aromatic heterocycles. The maximum absolute atomic E-state index is 13.7. The van der Waals surface area contributed by atoms with Crippen molar-refractivity contribution in [2.24, 2.45) is 5.92 Å². The van der Waals surface area contributed by atoms with E-state index < -0.39 is 35.6 Å². The number of ether oxygens (including phenoxy) is 1. The Morgan fingerprint density at radius 2 is 1.53 bits per heavy atom. The van der Waals surface area contributed by atoms with E-state index in [9.17, 15) is 14.4 Å². The predicted octanol–water partition coefficient (Wildman–Crippen LogP) is 5.26. The van der Waals surface area contributed by atoms with Gasteiger partial charge in [0.15, 0.2) is 0 Å². The summed E-state index contributed by atoms with van der Waals surface area (Å²) < 4.78 is 5.34. The second-order valence-corrected chi connectivity index (χ2v) is 10.3. The highest BCUT2D eigenvalue weighted by molar-refractivity contribution is 6.00. The molecular weight excluding hydrogens is 454 g/mol. The van der Waals surface area contributed by atoms with Crippen LogP contribution in [0.15, 0.2) is 42.5 Å². The van der Waals surface area contributed by atoms with E-state index in [1.54, 1.807) is 46.8 Å². The summed E-state index contributed by atoms with van der Waals surface area (Å²) in [5.41, 5.74) is 3.24. The molecule has 36 heavy (non-hydrogen) atoms. The first-order valence-electron chi connectivity index (χ1n) is 12.0. The summed E-state index contributed by atoms with van der Waals surface area (Å²) in [5, 5.41) is 5.59. The van der Waals surface area contributed by atoms with Crippen LogP contribution in [0.2, 0.25) is 0 Å². The van der Waals surface area contributed by atoms with E-state index in [1.807, 2.05) is 51.1 Å². The van der Waals surface area contributed by atoms with Crippen LogP contribution in [-0.2, 0) is 14.3 Å². The van der Waals surface area contributed by atoms with Crippen molar-refractivity contribution in [1.82, 2.24) is 10.2 Å². The lowest BCUT2D eigenvalue weighted by molar-refractivity contribution is -0.137. The molecule has 3 amide bonds. The smallest absolute Gasteiger partial charge is 0.408 e. The first-order chi connectivity index (χ1) is 16.7. The minimum atomic E-state index is -1.12. The first kappa shape index (κ1) is 28.4. The van der Waals surface area contributed by atoms with Crippen LogP contribution in [0.25, 0.3) is 0 Å². The Bertz CT molecular complexity index is 1120. The average molecular weight is 492 g/mol. The number of hydrogen-bond acceptors (Lipinski definition) is 4. The van der Waals surface area contributed by atoms with Gasteiger partial charge >= 0.3 is 6.09 Å². The van der Waals surface area contributed by atoms with Gasteiger partial charge in [0, 0.05) is 11.7 Å². The molecule has 0 heterocycles. The molecule has 0 aliphatic carbocycles. The zero-order valence-corrected chi connectivity index (χ0v) is 22.4. The van der Waals surface area contributed by atoms with Crippen molar-refractivity contribution in [2.45, 2.75) is 73.1 Å². The van der Waals surface area contributed by atoms with E-state index in [0.29, 0.717) is 11.3 Å². The van der Waals surface area contributed by atoms with Gasteiger partial charge in [0.25, 0.3) is 11.8 Å². The van der Waals surface area contributed by atoms with Crippen molar-refractivity contribution >= 4 is 23.6 Å². The highest BCUT2D eigenvalue weighted by Gasteiger charge is 2.37. The molecule has 2 rings (SSSR count). The van der Waals surface area contributed by atoms with E-state index in [0.717, 1.165) is 21.6 Å². The number of benzene rings is 2.